The maximum atomic E-state index is 9.43. The molecular weight excluding hydrogens is 284 g/mol. The van der Waals surface area contributed by atoms with E-state index in [0.29, 0.717) is 11.3 Å². The molecule has 136 valence electrons. The van der Waals surface area contributed by atoms with E-state index in [9.17, 15) is 5.21 Å². The molecule has 1 saturated heterocycles. The Morgan fingerprint density at radius 1 is 1.30 bits per heavy atom. The van der Waals surface area contributed by atoms with E-state index in [1.54, 1.807) is 0 Å². The first-order valence-corrected chi connectivity index (χ1v) is 9.56. The zero-order valence-corrected chi connectivity index (χ0v) is 16.4. The van der Waals surface area contributed by atoms with Gasteiger partial charge < -0.3 is 10.1 Å². The molecule has 0 saturated carbocycles. The van der Waals surface area contributed by atoms with Gasteiger partial charge in [0.15, 0.2) is 0 Å². The molecule has 0 aliphatic carbocycles. The van der Waals surface area contributed by atoms with Gasteiger partial charge in [-0.1, -0.05) is 73.8 Å². The van der Waals surface area contributed by atoms with E-state index >= 15 is 0 Å². The maximum absolute atomic E-state index is 9.43. The van der Waals surface area contributed by atoms with Crippen molar-refractivity contribution in [3.05, 3.63) is 12.3 Å². The number of likely N-dealkylation sites (tertiary alicyclic amines) is 1. The van der Waals surface area contributed by atoms with Crippen LogP contribution >= 0.6 is 0 Å². The van der Waals surface area contributed by atoms with Gasteiger partial charge in [0.25, 0.3) is 0 Å². The maximum Gasteiger partial charge on any atom is 0.0734 e. The molecule has 1 aliphatic rings. The Morgan fingerprint density at radius 2 is 1.96 bits per heavy atom. The smallest absolute Gasteiger partial charge is 0.0734 e. The summed E-state index contributed by atoms with van der Waals surface area (Å²) in [5.74, 6) is 1.93. The minimum Gasteiger partial charge on any atom is -0.373 e. The first-order chi connectivity index (χ1) is 10.7. The highest BCUT2D eigenvalue weighted by molar-refractivity contribution is 5.09. The van der Waals surface area contributed by atoms with Crippen molar-refractivity contribution in [2.75, 3.05) is 13.1 Å². The SMILES string of the molecule is C=C([C@H](NO)C(C)C)N1CC(CCCCC(C)CC)C(C)(C)C1. The zero-order chi connectivity index (χ0) is 17.6. The number of hydrogen-bond donors (Lipinski definition) is 2. The average Bonchev–Trinajstić information content (AvgIpc) is 2.78. The molecule has 2 unspecified atom stereocenters. The molecule has 0 spiro atoms. The third-order valence-electron chi connectivity index (χ3n) is 5.91. The molecule has 0 aromatic heterocycles. The van der Waals surface area contributed by atoms with Crippen LogP contribution in [-0.4, -0.2) is 29.2 Å². The summed E-state index contributed by atoms with van der Waals surface area (Å²) in [5.41, 5.74) is 3.82. The largest absolute Gasteiger partial charge is 0.373 e. The van der Waals surface area contributed by atoms with Crippen LogP contribution in [0.1, 0.15) is 73.6 Å². The number of nitrogens with zero attached hydrogens (tertiary/aromatic N) is 1. The first-order valence-electron chi connectivity index (χ1n) is 9.56. The van der Waals surface area contributed by atoms with E-state index in [-0.39, 0.29) is 6.04 Å². The molecule has 3 heteroatoms. The molecule has 23 heavy (non-hydrogen) atoms. The molecule has 0 aromatic rings. The Kier molecular flexibility index (Phi) is 8.09. The Bertz CT molecular complexity index is 365. The Labute approximate surface area is 144 Å². The fraction of sp³-hybridized carbons (Fsp3) is 0.900. The van der Waals surface area contributed by atoms with Crippen LogP contribution in [0.5, 0.6) is 0 Å². The van der Waals surface area contributed by atoms with Crippen molar-refractivity contribution in [3.63, 3.8) is 0 Å². The molecule has 0 amide bonds. The number of nitrogens with one attached hydrogen (secondary N) is 1. The van der Waals surface area contributed by atoms with Gasteiger partial charge in [0.1, 0.15) is 0 Å². The number of hydroxylamine groups is 1. The molecule has 0 aromatic carbocycles. The highest BCUT2D eigenvalue weighted by atomic mass is 16.5. The molecule has 1 heterocycles. The predicted octanol–water partition coefficient (Wildman–Crippen LogP) is 5.07. The minimum atomic E-state index is -0.0463. The van der Waals surface area contributed by atoms with E-state index in [4.69, 9.17) is 0 Å². The van der Waals surface area contributed by atoms with Crippen molar-refractivity contribution < 1.29 is 5.21 Å². The second kappa shape index (κ2) is 9.08. The van der Waals surface area contributed by atoms with Crippen molar-refractivity contribution in [1.29, 1.82) is 0 Å². The quantitative estimate of drug-likeness (QED) is 0.435. The number of rotatable bonds is 10. The van der Waals surface area contributed by atoms with Crippen molar-refractivity contribution in [3.8, 4) is 0 Å². The van der Waals surface area contributed by atoms with Gasteiger partial charge >= 0.3 is 0 Å². The molecule has 3 atom stereocenters. The van der Waals surface area contributed by atoms with Crippen molar-refractivity contribution in [1.82, 2.24) is 10.4 Å². The summed E-state index contributed by atoms with van der Waals surface area (Å²) < 4.78 is 0. The first kappa shape index (κ1) is 20.5. The number of unbranched alkanes of at least 4 members (excludes halogenated alkanes) is 1. The van der Waals surface area contributed by atoms with Gasteiger partial charge in [0, 0.05) is 18.8 Å². The van der Waals surface area contributed by atoms with E-state index in [0.717, 1.165) is 30.6 Å². The molecular formula is C20H40N2O. The molecule has 0 radical (unpaired) electrons. The molecule has 1 aliphatic heterocycles. The van der Waals surface area contributed by atoms with Gasteiger partial charge in [-0.15, -0.1) is 0 Å². The molecule has 1 fully saturated rings. The van der Waals surface area contributed by atoms with Gasteiger partial charge in [-0.25, -0.2) is 0 Å². The fourth-order valence-electron chi connectivity index (χ4n) is 3.79. The zero-order valence-electron chi connectivity index (χ0n) is 16.4. The standard InChI is InChI=1S/C20H40N2O/c1-8-16(4)11-9-10-12-18-13-22(14-20(18,6)7)17(5)19(21-23)15(2)3/h15-16,18-19,21,23H,5,8-14H2,1-4,6-7H3/t16?,18?,19-/m1/s1. The third kappa shape index (κ3) is 5.79. The second-order valence-corrected chi connectivity index (χ2v) is 8.71. The van der Waals surface area contributed by atoms with Crippen LogP contribution in [0.2, 0.25) is 0 Å². The van der Waals surface area contributed by atoms with Crippen LogP contribution in [0.15, 0.2) is 12.3 Å². The highest BCUT2D eigenvalue weighted by Crippen LogP contribution is 2.40. The van der Waals surface area contributed by atoms with E-state index in [1.807, 2.05) is 0 Å². The van der Waals surface area contributed by atoms with E-state index in [2.05, 4.69) is 58.5 Å². The van der Waals surface area contributed by atoms with Gasteiger partial charge in [0.05, 0.1) is 6.04 Å². The normalized spacial score (nSPS) is 23.3. The van der Waals surface area contributed by atoms with E-state index < -0.39 is 0 Å². The summed E-state index contributed by atoms with van der Waals surface area (Å²) in [4.78, 5) is 2.40. The molecule has 3 nitrogen and oxygen atoms in total. The summed E-state index contributed by atoms with van der Waals surface area (Å²) in [5, 5.41) is 9.43. The Hall–Kier alpha value is -0.540. The summed E-state index contributed by atoms with van der Waals surface area (Å²) >= 11 is 0. The van der Waals surface area contributed by atoms with Crippen LogP contribution in [0, 0.1) is 23.2 Å². The lowest BCUT2D eigenvalue weighted by Crippen LogP contribution is -2.40. The average molecular weight is 325 g/mol. The Balaban J connectivity index is 2.52. The Morgan fingerprint density at radius 3 is 2.48 bits per heavy atom. The van der Waals surface area contributed by atoms with Crippen LogP contribution in [0.25, 0.3) is 0 Å². The van der Waals surface area contributed by atoms with Gasteiger partial charge in [-0.3, -0.25) is 0 Å². The lowest BCUT2D eigenvalue weighted by atomic mass is 9.79. The van der Waals surface area contributed by atoms with Gasteiger partial charge in [-0.05, 0) is 29.6 Å². The van der Waals surface area contributed by atoms with Crippen molar-refractivity contribution in [2.45, 2.75) is 79.7 Å². The van der Waals surface area contributed by atoms with E-state index in [1.165, 1.54) is 32.1 Å². The second-order valence-electron chi connectivity index (χ2n) is 8.71. The summed E-state index contributed by atoms with van der Waals surface area (Å²) in [6.07, 6.45) is 6.67. The minimum absolute atomic E-state index is 0.0463. The third-order valence-corrected chi connectivity index (χ3v) is 5.91. The summed E-state index contributed by atoms with van der Waals surface area (Å²) in [6.45, 7) is 20.0. The molecule has 1 rings (SSSR count). The van der Waals surface area contributed by atoms with Gasteiger partial charge in [-0.2, -0.15) is 5.48 Å². The van der Waals surface area contributed by atoms with Crippen molar-refractivity contribution >= 4 is 0 Å². The lowest BCUT2D eigenvalue weighted by molar-refractivity contribution is 0.106. The monoisotopic (exact) mass is 324 g/mol. The highest BCUT2D eigenvalue weighted by Gasteiger charge is 2.40. The lowest BCUT2D eigenvalue weighted by Gasteiger charge is -2.30. The van der Waals surface area contributed by atoms with Crippen LogP contribution in [0.3, 0.4) is 0 Å². The molecule has 2 N–H and O–H groups in total. The van der Waals surface area contributed by atoms with Crippen molar-refractivity contribution in [2.24, 2.45) is 23.2 Å². The van der Waals surface area contributed by atoms with Crippen LogP contribution in [-0.2, 0) is 0 Å². The fourth-order valence-corrected chi connectivity index (χ4v) is 3.79. The number of hydrogen-bond acceptors (Lipinski definition) is 3. The van der Waals surface area contributed by atoms with Gasteiger partial charge in [0.2, 0.25) is 0 Å². The van der Waals surface area contributed by atoms with Crippen LogP contribution in [0.4, 0.5) is 0 Å². The molecule has 0 bridgehead atoms. The summed E-state index contributed by atoms with van der Waals surface area (Å²) in [6, 6.07) is -0.0463. The van der Waals surface area contributed by atoms with Crippen LogP contribution < -0.4 is 5.48 Å². The predicted molar refractivity (Wildman–Crippen MR) is 99.5 cm³/mol. The topological polar surface area (TPSA) is 35.5 Å². The summed E-state index contributed by atoms with van der Waals surface area (Å²) in [7, 11) is 0.